The average molecular weight is 438 g/mol. The Hall–Kier alpha value is -0.800. The highest BCUT2D eigenvalue weighted by atomic mass is 79.9. The van der Waals surface area contributed by atoms with Crippen molar-refractivity contribution in [2.75, 3.05) is 0 Å². The molecule has 1 nitrogen and oxygen atoms in total. The third-order valence-corrected chi connectivity index (χ3v) is 6.28. The molecule has 2 aromatic carbocycles. The van der Waals surface area contributed by atoms with Crippen LogP contribution in [0.3, 0.4) is 0 Å². The summed E-state index contributed by atoms with van der Waals surface area (Å²) in [6, 6.07) is 12.2. The van der Waals surface area contributed by atoms with Crippen LogP contribution in [0.15, 0.2) is 45.3 Å². The van der Waals surface area contributed by atoms with Gasteiger partial charge in [-0.15, -0.1) is 0 Å². The van der Waals surface area contributed by atoms with Crippen molar-refractivity contribution in [3.8, 4) is 11.5 Å². The van der Waals surface area contributed by atoms with Crippen LogP contribution in [0.4, 0.5) is 0 Å². The highest BCUT2D eigenvalue weighted by molar-refractivity contribution is 9.11. The maximum absolute atomic E-state index is 6.15. The lowest BCUT2D eigenvalue weighted by molar-refractivity contribution is 0.477. The van der Waals surface area contributed by atoms with Crippen LogP contribution in [0.5, 0.6) is 11.5 Å². The van der Waals surface area contributed by atoms with Crippen molar-refractivity contribution in [3.05, 3.63) is 56.5 Å². The number of hydrogen-bond acceptors (Lipinski definition) is 1. The van der Waals surface area contributed by atoms with Crippen molar-refractivity contribution in [2.24, 2.45) is 0 Å². The molecule has 0 fully saturated rings. The molecule has 0 unspecified atom stereocenters. The lowest BCUT2D eigenvalue weighted by Gasteiger charge is -2.17. The van der Waals surface area contributed by atoms with Crippen molar-refractivity contribution in [1.82, 2.24) is 0 Å². The summed E-state index contributed by atoms with van der Waals surface area (Å²) < 4.78 is 8.52. The van der Waals surface area contributed by atoms with E-state index in [0.717, 1.165) is 28.8 Å². The maximum atomic E-state index is 6.15. The van der Waals surface area contributed by atoms with E-state index in [1.54, 1.807) is 0 Å². The molecule has 0 aliphatic heterocycles. The van der Waals surface area contributed by atoms with Gasteiger partial charge in [0.15, 0.2) is 0 Å². The van der Waals surface area contributed by atoms with Gasteiger partial charge in [-0.05, 0) is 70.9 Å². The molecule has 0 N–H and O–H groups in total. The van der Waals surface area contributed by atoms with Crippen LogP contribution in [0.1, 0.15) is 49.7 Å². The van der Waals surface area contributed by atoms with Gasteiger partial charge in [0.2, 0.25) is 0 Å². The van der Waals surface area contributed by atoms with E-state index in [9.17, 15) is 0 Å². The third-order valence-electron chi connectivity index (χ3n) is 4.43. The van der Waals surface area contributed by atoms with Crippen molar-refractivity contribution in [1.29, 1.82) is 0 Å². The number of halogens is 2. The first kappa shape index (κ1) is 17.0. The number of ether oxygens (including phenoxy) is 1. The molecule has 0 aromatic heterocycles. The Morgan fingerprint density at radius 3 is 2.13 bits per heavy atom. The Balaban J connectivity index is 1.96. The Bertz CT molecular complexity index is 652. The Morgan fingerprint density at radius 2 is 1.39 bits per heavy atom. The minimum Gasteiger partial charge on any atom is -0.456 e. The van der Waals surface area contributed by atoms with Gasteiger partial charge in [0.05, 0.1) is 4.47 Å². The highest BCUT2D eigenvalue weighted by Gasteiger charge is 2.17. The first-order chi connectivity index (χ1) is 11.3. The molecule has 0 spiro atoms. The maximum Gasteiger partial charge on any atom is 0.142 e. The standard InChI is InChI=1S/C20H22Br2O/c21-19-15-10-6-3-1-2-4-9-13-17(19)20(22)18(14-15)23-16-11-7-5-8-12-16/h5,7-8,11-12,14H,1-4,6,9-10,13H2. The summed E-state index contributed by atoms with van der Waals surface area (Å²) >= 11 is 7.63. The van der Waals surface area contributed by atoms with E-state index in [4.69, 9.17) is 4.74 Å². The van der Waals surface area contributed by atoms with E-state index in [2.05, 4.69) is 37.9 Å². The molecule has 0 amide bonds. The zero-order chi connectivity index (χ0) is 16.1. The normalized spacial score (nSPS) is 15.7. The molecule has 0 atom stereocenters. The molecular weight excluding hydrogens is 416 g/mol. The van der Waals surface area contributed by atoms with Gasteiger partial charge in [-0.25, -0.2) is 0 Å². The van der Waals surface area contributed by atoms with Crippen LogP contribution in [-0.4, -0.2) is 0 Å². The van der Waals surface area contributed by atoms with Crippen LogP contribution in [0, 0.1) is 0 Å². The summed E-state index contributed by atoms with van der Waals surface area (Å²) in [6.07, 6.45) is 10.1. The quantitative estimate of drug-likeness (QED) is 0.474. The van der Waals surface area contributed by atoms with E-state index in [-0.39, 0.29) is 0 Å². The molecule has 3 heteroatoms. The monoisotopic (exact) mass is 436 g/mol. The SMILES string of the molecule is Brc1c2cc(Oc3ccccc3)c(Br)c1CCCCCCCC2. The van der Waals surface area contributed by atoms with Gasteiger partial charge in [-0.1, -0.05) is 59.8 Å². The Labute approximate surface area is 155 Å². The second kappa shape index (κ2) is 8.34. The van der Waals surface area contributed by atoms with Crippen molar-refractivity contribution in [3.63, 3.8) is 0 Å². The smallest absolute Gasteiger partial charge is 0.142 e. The topological polar surface area (TPSA) is 9.23 Å². The van der Waals surface area contributed by atoms with Crippen molar-refractivity contribution in [2.45, 2.75) is 51.4 Å². The van der Waals surface area contributed by atoms with E-state index >= 15 is 0 Å². The molecule has 122 valence electrons. The second-order valence-corrected chi connectivity index (χ2v) is 7.76. The number of benzene rings is 2. The summed E-state index contributed by atoms with van der Waals surface area (Å²) in [5, 5.41) is 0. The molecule has 0 heterocycles. The van der Waals surface area contributed by atoms with Crippen LogP contribution < -0.4 is 4.74 Å². The summed E-state index contributed by atoms with van der Waals surface area (Å²) in [4.78, 5) is 0. The molecule has 0 saturated heterocycles. The molecule has 1 aliphatic carbocycles. The Kier molecular flexibility index (Phi) is 6.18. The Morgan fingerprint density at radius 1 is 0.739 bits per heavy atom. The summed E-state index contributed by atoms with van der Waals surface area (Å²) in [6.45, 7) is 0. The van der Waals surface area contributed by atoms with Crippen LogP contribution in [0.2, 0.25) is 0 Å². The van der Waals surface area contributed by atoms with Crippen LogP contribution >= 0.6 is 31.9 Å². The molecule has 3 rings (SSSR count). The van der Waals surface area contributed by atoms with Gasteiger partial charge in [0.1, 0.15) is 11.5 Å². The van der Waals surface area contributed by atoms with Crippen LogP contribution in [-0.2, 0) is 12.8 Å². The molecule has 1 aliphatic rings. The highest BCUT2D eigenvalue weighted by Crippen LogP contribution is 2.40. The number of hydrogen-bond donors (Lipinski definition) is 0. The van der Waals surface area contributed by atoms with E-state index < -0.39 is 0 Å². The fraction of sp³-hybridized carbons (Fsp3) is 0.400. The van der Waals surface area contributed by atoms with Gasteiger partial charge in [-0.3, -0.25) is 0 Å². The second-order valence-electron chi connectivity index (χ2n) is 6.18. The minimum absolute atomic E-state index is 0.886. The molecule has 23 heavy (non-hydrogen) atoms. The zero-order valence-electron chi connectivity index (χ0n) is 13.3. The van der Waals surface area contributed by atoms with Crippen molar-refractivity contribution >= 4 is 31.9 Å². The molecule has 0 radical (unpaired) electrons. The van der Waals surface area contributed by atoms with Gasteiger partial charge in [0.25, 0.3) is 0 Å². The zero-order valence-corrected chi connectivity index (χ0v) is 16.5. The van der Waals surface area contributed by atoms with Gasteiger partial charge < -0.3 is 4.74 Å². The predicted molar refractivity (Wildman–Crippen MR) is 103 cm³/mol. The van der Waals surface area contributed by atoms with Gasteiger partial charge in [-0.2, -0.15) is 0 Å². The number of rotatable bonds is 2. The number of fused-ring (bicyclic) bond motifs is 2. The molecule has 2 bridgehead atoms. The fourth-order valence-corrected chi connectivity index (χ4v) is 4.71. The van der Waals surface area contributed by atoms with Crippen LogP contribution in [0.25, 0.3) is 0 Å². The lowest BCUT2D eigenvalue weighted by atomic mass is 10.0. The summed E-state index contributed by atoms with van der Waals surface area (Å²) in [5.41, 5.74) is 2.73. The average Bonchev–Trinajstić information content (AvgIpc) is 2.59. The van der Waals surface area contributed by atoms with Gasteiger partial charge in [0, 0.05) is 4.47 Å². The van der Waals surface area contributed by atoms with E-state index in [0.29, 0.717) is 0 Å². The minimum atomic E-state index is 0.886. The van der Waals surface area contributed by atoms with E-state index in [1.807, 2.05) is 30.3 Å². The van der Waals surface area contributed by atoms with Gasteiger partial charge >= 0.3 is 0 Å². The third kappa shape index (κ3) is 4.39. The number of para-hydroxylation sites is 1. The lowest BCUT2D eigenvalue weighted by Crippen LogP contribution is -1.98. The fourth-order valence-electron chi connectivity index (χ4n) is 3.14. The summed E-state index contributed by atoms with van der Waals surface area (Å²) in [5.74, 6) is 1.82. The first-order valence-corrected chi connectivity index (χ1v) is 10.1. The van der Waals surface area contributed by atoms with Crippen molar-refractivity contribution < 1.29 is 4.74 Å². The number of aryl methyl sites for hydroxylation is 1. The van der Waals surface area contributed by atoms with E-state index in [1.165, 1.54) is 54.1 Å². The first-order valence-electron chi connectivity index (χ1n) is 8.48. The molecule has 0 saturated carbocycles. The largest absolute Gasteiger partial charge is 0.456 e. The summed E-state index contributed by atoms with van der Waals surface area (Å²) in [7, 11) is 0. The molecule has 2 aromatic rings. The predicted octanol–water partition coefficient (Wildman–Crippen LogP) is 7.44. The molecular formula is C20H22Br2O.